The Hall–Kier alpha value is -2.01. The summed E-state index contributed by atoms with van der Waals surface area (Å²) in [5.41, 5.74) is 0.731. The Morgan fingerprint density at radius 2 is 2.00 bits per heavy atom. The van der Waals surface area contributed by atoms with Crippen LogP contribution >= 0.6 is 0 Å². The summed E-state index contributed by atoms with van der Waals surface area (Å²) in [5.74, 6) is 0.146. The molecule has 1 aromatic carbocycles. The Kier molecular flexibility index (Phi) is 6.46. The first-order valence-corrected chi connectivity index (χ1v) is 6.05. The van der Waals surface area contributed by atoms with E-state index in [9.17, 15) is 4.79 Å². The smallest absolute Gasteiger partial charge is 0.328 e. The van der Waals surface area contributed by atoms with Gasteiger partial charge in [-0.1, -0.05) is 6.07 Å². The van der Waals surface area contributed by atoms with Gasteiger partial charge in [0.2, 0.25) is 0 Å². The van der Waals surface area contributed by atoms with Crippen molar-refractivity contribution in [3.63, 3.8) is 0 Å². The van der Waals surface area contributed by atoms with E-state index in [0.29, 0.717) is 24.7 Å². The van der Waals surface area contributed by atoms with Crippen LogP contribution in [0.25, 0.3) is 6.08 Å². The fraction of sp³-hybridized carbons (Fsp3) is 0.357. The normalized spacial score (nSPS) is 10.6. The number of hydrogen-bond donors (Lipinski definition) is 1. The van der Waals surface area contributed by atoms with Crippen molar-refractivity contribution in [2.75, 3.05) is 20.0 Å². The maximum absolute atomic E-state index is 10.5. The highest BCUT2D eigenvalue weighted by atomic mass is 16.7. The third-order valence-electron chi connectivity index (χ3n) is 2.19. The van der Waals surface area contributed by atoms with Crippen molar-refractivity contribution in [3.8, 4) is 11.5 Å². The molecule has 0 saturated carbocycles. The Balaban J connectivity index is 2.84. The maximum Gasteiger partial charge on any atom is 0.328 e. The lowest BCUT2D eigenvalue weighted by molar-refractivity contribution is -0.131. The van der Waals surface area contributed by atoms with Gasteiger partial charge in [-0.3, -0.25) is 0 Å². The minimum atomic E-state index is -0.991. The van der Waals surface area contributed by atoms with Crippen LogP contribution in [-0.2, 0) is 9.53 Å². The van der Waals surface area contributed by atoms with E-state index in [0.717, 1.165) is 11.6 Å². The van der Waals surface area contributed by atoms with Crippen LogP contribution in [0.5, 0.6) is 11.5 Å². The quantitative estimate of drug-likeness (QED) is 0.445. The minimum absolute atomic E-state index is 0.154. The van der Waals surface area contributed by atoms with E-state index < -0.39 is 5.97 Å². The van der Waals surface area contributed by atoms with Gasteiger partial charge in [0.15, 0.2) is 18.3 Å². The van der Waals surface area contributed by atoms with Gasteiger partial charge in [0.1, 0.15) is 0 Å². The Labute approximate surface area is 112 Å². The number of rotatable bonds is 8. The first-order valence-electron chi connectivity index (χ1n) is 6.05. The number of benzene rings is 1. The van der Waals surface area contributed by atoms with Crippen molar-refractivity contribution in [2.24, 2.45) is 0 Å². The molecule has 0 amide bonds. The molecule has 1 N–H and O–H groups in total. The van der Waals surface area contributed by atoms with Crippen molar-refractivity contribution >= 4 is 12.0 Å². The molecule has 0 aliphatic carbocycles. The summed E-state index contributed by atoms with van der Waals surface area (Å²) in [6.45, 7) is 4.97. The zero-order chi connectivity index (χ0) is 14.1. The number of carboxylic acids is 1. The van der Waals surface area contributed by atoms with E-state index in [1.54, 1.807) is 18.2 Å². The molecule has 0 fully saturated rings. The number of hydrogen-bond acceptors (Lipinski definition) is 4. The van der Waals surface area contributed by atoms with Crippen LogP contribution in [0.15, 0.2) is 24.3 Å². The topological polar surface area (TPSA) is 65.0 Å². The second kappa shape index (κ2) is 8.16. The molecule has 0 atom stereocenters. The van der Waals surface area contributed by atoms with Crippen LogP contribution < -0.4 is 9.47 Å². The first kappa shape index (κ1) is 15.0. The third kappa shape index (κ3) is 5.44. The lowest BCUT2D eigenvalue weighted by atomic mass is 10.2. The lowest BCUT2D eigenvalue weighted by Gasteiger charge is -2.12. The molecule has 0 aliphatic rings. The Morgan fingerprint density at radius 1 is 1.21 bits per heavy atom. The zero-order valence-electron chi connectivity index (χ0n) is 11.1. The second-order valence-corrected chi connectivity index (χ2v) is 3.57. The summed E-state index contributed by atoms with van der Waals surface area (Å²) in [7, 11) is 0. The molecule has 0 aromatic heterocycles. The van der Waals surface area contributed by atoms with Gasteiger partial charge in [-0.05, 0) is 37.6 Å². The van der Waals surface area contributed by atoms with E-state index >= 15 is 0 Å². The summed E-state index contributed by atoms with van der Waals surface area (Å²) >= 11 is 0. The van der Waals surface area contributed by atoms with E-state index in [1.807, 2.05) is 13.8 Å². The van der Waals surface area contributed by atoms with Gasteiger partial charge < -0.3 is 19.3 Å². The van der Waals surface area contributed by atoms with Gasteiger partial charge in [-0.25, -0.2) is 4.79 Å². The molecule has 1 aromatic rings. The molecule has 5 nitrogen and oxygen atoms in total. The summed E-state index contributed by atoms with van der Waals surface area (Å²) in [5, 5.41) is 8.59. The van der Waals surface area contributed by atoms with Gasteiger partial charge in [-0.2, -0.15) is 0 Å². The molecule has 1 rings (SSSR count). The highest BCUT2D eigenvalue weighted by Crippen LogP contribution is 2.29. The van der Waals surface area contributed by atoms with Gasteiger partial charge in [-0.15, -0.1) is 0 Å². The second-order valence-electron chi connectivity index (χ2n) is 3.57. The van der Waals surface area contributed by atoms with Crippen LogP contribution in [0.2, 0.25) is 0 Å². The van der Waals surface area contributed by atoms with Gasteiger partial charge in [0.05, 0.1) is 6.61 Å². The minimum Gasteiger partial charge on any atom is -0.490 e. The molecular formula is C14H18O5. The van der Waals surface area contributed by atoms with Crippen molar-refractivity contribution in [2.45, 2.75) is 13.8 Å². The van der Waals surface area contributed by atoms with E-state index in [4.69, 9.17) is 19.3 Å². The molecular weight excluding hydrogens is 248 g/mol. The molecule has 0 aliphatic heterocycles. The van der Waals surface area contributed by atoms with Crippen molar-refractivity contribution in [1.82, 2.24) is 0 Å². The molecule has 0 heterocycles. The third-order valence-corrected chi connectivity index (χ3v) is 2.19. The Morgan fingerprint density at radius 3 is 2.63 bits per heavy atom. The van der Waals surface area contributed by atoms with Gasteiger partial charge in [0, 0.05) is 12.7 Å². The van der Waals surface area contributed by atoms with E-state index in [2.05, 4.69) is 0 Å². The predicted molar refractivity (Wildman–Crippen MR) is 71.4 cm³/mol. The molecule has 0 radical (unpaired) electrons. The van der Waals surface area contributed by atoms with Crippen LogP contribution in [0.1, 0.15) is 19.4 Å². The molecule has 0 bridgehead atoms. The lowest BCUT2D eigenvalue weighted by Crippen LogP contribution is -2.04. The van der Waals surface area contributed by atoms with E-state index in [-0.39, 0.29) is 6.79 Å². The fourth-order valence-electron chi connectivity index (χ4n) is 1.37. The van der Waals surface area contributed by atoms with Crippen LogP contribution in [-0.4, -0.2) is 31.1 Å². The number of carbonyl (C=O) groups is 1. The highest BCUT2D eigenvalue weighted by Gasteiger charge is 2.05. The monoisotopic (exact) mass is 266 g/mol. The molecule has 104 valence electrons. The average Bonchev–Trinajstić information content (AvgIpc) is 2.39. The number of carboxylic acid groups (broad SMARTS) is 1. The molecule has 5 heteroatoms. The van der Waals surface area contributed by atoms with Crippen LogP contribution in [0.4, 0.5) is 0 Å². The van der Waals surface area contributed by atoms with Gasteiger partial charge in [0.25, 0.3) is 0 Å². The predicted octanol–water partition coefficient (Wildman–Crippen LogP) is 2.56. The summed E-state index contributed by atoms with van der Waals surface area (Å²) in [4.78, 5) is 10.5. The first-order chi connectivity index (χ1) is 9.17. The van der Waals surface area contributed by atoms with Gasteiger partial charge >= 0.3 is 5.97 Å². The Bertz CT molecular complexity index is 439. The average molecular weight is 266 g/mol. The number of ether oxygens (including phenoxy) is 3. The maximum atomic E-state index is 10.5. The summed E-state index contributed by atoms with van der Waals surface area (Å²) in [6.07, 6.45) is 2.57. The standard InChI is InChI=1S/C14H18O5/c1-3-17-10-19-12-7-5-11(6-8-14(15)16)9-13(12)18-4-2/h5-9H,3-4,10H2,1-2H3,(H,15,16). The largest absolute Gasteiger partial charge is 0.490 e. The molecule has 0 saturated heterocycles. The van der Waals surface area contributed by atoms with Crippen molar-refractivity contribution in [3.05, 3.63) is 29.8 Å². The van der Waals surface area contributed by atoms with E-state index in [1.165, 1.54) is 6.08 Å². The summed E-state index contributed by atoms with van der Waals surface area (Å²) in [6, 6.07) is 5.21. The van der Waals surface area contributed by atoms with Crippen molar-refractivity contribution < 1.29 is 24.1 Å². The SMILES string of the molecule is CCOCOc1ccc(C=CC(=O)O)cc1OCC. The highest BCUT2D eigenvalue weighted by molar-refractivity contribution is 5.85. The van der Waals surface area contributed by atoms with Crippen LogP contribution in [0, 0.1) is 0 Å². The molecule has 0 spiro atoms. The molecule has 0 unspecified atom stereocenters. The molecule has 19 heavy (non-hydrogen) atoms. The van der Waals surface area contributed by atoms with Crippen molar-refractivity contribution in [1.29, 1.82) is 0 Å². The fourth-order valence-corrected chi connectivity index (χ4v) is 1.37. The number of aliphatic carboxylic acids is 1. The zero-order valence-corrected chi connectivity index (χ0v) is 11.1. The van der Waals surface area contributed by atoms with Crippen LogP contribution in [0.3, 0.4) is 0 Å². The summed E-state index contributed by atoms with van der Waals surface area (Å²) < 4.78 is 16.0.